The van der Waals surface area contributed by atoms with Crippen molar-refractivity contribution >= 4 is 27.5 Å². The highest BCUT2D eigenvalue weighted by Crippen LogP contribution is 2.47. The summed E-state index contributed by atoms with van der Waals surface area (Å²) >= 11 is 0. The second kappa shape index (κ2) is 12.4. The topological polar surface area (TPSA) is 39.1 Å². The standard InChI is InChI=1S/C48H33N3O/c1-4-13-32(14-5-1)33-23-25-34(26-24-33)38-30-42(35-15-6-2-7-16-35)49-43(31-38)37-19-12-20-39(29-37)51-44-22-11-10-21-40(44)46-45(51)28-27-41-47(46)52-48(50-41)36-17-8-3-9-18-36/h1-31,48,50H. The van der Waals surface area contributed by atoms with Crippen LogP contribution in [0, 0.1) is 0 Å². The number of hydrogen-bond acceptors (Lipinski definition) is 3. The average molecular weight is 668 g/mol. The zero-order valence-electron chi connectivity index (χ0n) is 28.3. The van der Waals surface area contributed by atoms with Crippen LogP contribution in [0.5, 0.6) is 5.75 Å². The van der Waals surface area contributed by atoms with E-state index in [2.05, 4.69) is 174 Å². The number of aromatic nitrogens is 2. The Morgan fingerprint density at radius 2 is 1.06 bits per heavy atom. The SMILES string of the molecule is c1ccc(-c2ccc(-c3cc(-c4ccccc4)nc(-c4cccc(-n5c6ccccc6c6c7c(ccc65)NC(c5ccccc5)O7)c4)c3)cc2)cc1. The Labute approximate surface area is 302 Å². The summed E-state index contributed by atoms with van der Waals surface area (Å²) in [6, 6.07) is 66.2. The molecule has 1 aliphatic heterocycles. The number of nitrogens with zero attached hydrogens (tertiary/aromatic N) is 2. The van der Waals surface area contributed by atoms with Crippen molar-refractivity contribution < 1.29 is 4.74 Å². The maximum absolute atomic E-state index is 6.67. The van der Waals surface area contributed by atoms with E-state index in [1.165, 1.54) is 11.1 Å². The van der Waals surface area contributed by atoms with E-state index in [1.807, 2.05) is 24.3 Å². The van der Waals surface area contributed by atoms with Gasteiger partial charge in [-0.25, -0.2) is 4.98 Å². The Balaban J connectivity index is 1.09. The van der Waals surface area contributed by atoms with E-state index >= 15 is 0 Å². The second-order valence-corrected chi connectivity index (χ2v) is 13.2. The first-order chi connectivity index (χ1) is 25.8. The number of para-hydroxylation sites is 1. The number of nitrogens with one attached hydrogen (secondary N) is 1. The number of ether oxygens (including phenoxy) is 1. The molecule has 1 atom stereocenters. The van der Waals surface area contributed by atoms with E-state index in [-0.39, 0.29) is 6.23 Å². The molecule has 0 fully saturated rings. The van der Waals surface area contributed by atoms with Crippen LogP contribution in [0.1, 0.15) is 11.8 Å². The number of fused-ring (bicyclic) bond motifs is 5. The molecule has 0 amide bonds. The fourth-order valence-corrected chi connectivity index (χ4v) is 7.50. The van der Waals surface area contributed by atoms with Crippen molar-refractivity contribution in [1.29, 1.82) is 0 Å². The molecule has 0 bridgehead atoms. The predicted octanol–water partition coefficient (Wildman–Crippen LogP) is 12.3. The first-order valence-electron chi connectivity index (χ1n) is 17.7. The van der Waals surface area contributed by atoms with Crippen molar-refractivity contribution in [2.45, 2.75) is 6.23 Å². The van der Waals surface area contributed by atoms with Crippen LogP contribution in [0.2, 0.25) is 0 Å². The largest absolute Gasteiger partial charge is 0.464 e. The first-order valence-corrected chi connectivity index (χ1v) is 17.7. The van der Waals surface area contributed by atoms with Gasteiger partial charge in [-0.15, -0.1) is 0 Å². The van der Waals surface area contributed by atoms with Crippen LogP contribution in [0.4, 0.5) is 5.69 Å². The lowest BCUT2D eigenvalue weighted by molar-refractivity contribution is 0.263. The molecular weight excluding hydrogens is 635 g/mol. The first kappa shape index (κ1) is 30.0. The number of hydrogen-bond donors (Lipinski definition) is 1. The van der Waals surface area contributed by atoms with E-state index in [0.717, 1.165) is 78.1 Å². The third-order valence-corrected chi connectivity index (χ3v) is 10.0. The molecular formula is C48H33N3O. The van der Waals surface area contributed by atoms with E-state index in [0.29, 0.717) is 0 Å². The molecule has 9 aromatic rings. The molecule has 0 saturated heterocycles. The lowest BCUT2D eigenvalue weighted by Gasteiger charge is -2.13. The van der Waals surface area contributed by atoms with Gasteiger partial charge in [-0.1, -0.05) is 146 Å². The van der Waals surface area contributed by atoms with Gasteiger partial charge in [0.05, 0.1) is 33.5 Å². The van der Waals surface area contributed by atoms with Crippen molar-refractivity contribution in [3.63, 3.8) is 0 Å². The van der Waals surface area contributed by atoms with Crippen LogP contribution in [0.15, 0.2) is 188 Å². The number of rotatable bonds is 6. The van der Waals surface area contributed by atoms with E-state index in [4.69, 9.17) is 9.72 Å². The van der Waals surface area contributed by atoms with E-state index in [9.17, 15) is 0 Å². The summed E-state index contributed by atoms with van der Waals surface area (Å²) in [6.07, 6.45) is -0.237. The van der Waals surface area contributed by atoms with Crippen molar-refractivity contribution in [3.05, 3.63) is 194 Å². The molecule has 7 aromatic carbocycles. The molecule has 0 aliphatic carbocycles. The maximum atomic E-state index is 6.67. The van der Waals surface area contributed by atoms with Gasteiger partial charge in [0.15, 0.2) is 12.0 Å². The molecule has 246 valence electrons. The third-order valence-electron chi connectivity index (χ3n) is 10.0. The minimum atomic E-state index is -0.237. The predicted molar refractivity (Wildman–Crippen MR) is 214 cm³/mol. The fourth-order valence-electron chi connectivity index (χ4n) is 7.50. The fraction of sp³-hybridized carbons (Fsp3) is 0.0208. The van der Waals surface area contributed by atoms with Gasteiger partial charge in [0, 0.05) is 27.8 Å². The van der Waals surface area contributed by atoms with Crippen LogP contribution in [-0.4, -0.2) is 9.55 Å². The molecule has 0 saturated carbocycles. The van der Waals surface area contributed by atoms with Crippen LogP contribution >= 0.6 is 0 Å². The number of pyridine rings is 1. The van der Waals surface area contributed by atoms with Gasteiger partial charge in [0.25, 0.3) is 0 Å². The quantitative estimate of drug-likeness (QED) is 0.192. The summed E-state index contributed by atoms with van der Waals surface area (Å²) in [5, 5.41) is 5.86. The maximum Gasteiger partial charge on any atom is 0.196 e. The van der Waals surface area contributed by atoms with Crippen LogP contribution in [0.25, 0.3) is 72.3 Å². The van der Waals surface area contributed by atoms with Crippen molar-refractivity contribution in [2.24, 2.45) is 0 Å². The highest BCUT2D eigenvalue weighted by Gasteiger charge is 2.28. The molecule has 1 aliphatic rings. The Hall–Kier alpha value is -6.91. The zero-order valence-corrected chi connectivity index (χ0v) is 28.3. The highest BCUT2D eigenvalue weighted by atomic mass is 16.5. The van der Waals surface area contributed by atoms with E-state index < -0.39 is 0 Å². The summed E-state index contributed by atoms with van der Waals surface area (Å²) in [5.74, 6) is 0.887. The van der Waals surface area contributed by atoms with E-state index in [1.54, 1.807) is 0 Å². The Kier molecular flexibility index (Phi) is 7.17. The Morgan fingerprint density at radius 1 is 0.462 bits per heavy atom. The Morgan fingerprint density at radius 3 is 1.81 bits per heavy atom. The van der Waals surface area contributed by atoms with Crippen molar-refractivity contribution in [3.8, 4) is 56.2 Å². The third kappa shape index (κ3) is 5.21. The van der Waals surface area contributed by atoms with Gasteiger partial charge >= 0.3 is 0 Å². The second-order valence-electron chi connectivity index (χ2n) is 13.2. The molecule has 3 heterocycles. The molecule has 52 heavy (non-hydrogen) atoms. The zero-order chi connectivity index (χ0) is 34.4. The van der Waals surface area contributed by atoms with Gasteiger partial charge in [-0.2, -0.15) is 0 Å². The summed E-state index contributed by atoms with van der Waals surface area (Å²) in [6.45, 7) is 0. The summed E-state index contributed by atoms with van der Waals surface area (Å²) < 4.78 is 9.01. The van der Waals surface area contributed by atoms with Crippen LogP contribution in [-0.2, 0) is 0 Å². The molecule has 4 nitrogen and oxygen atoms in total. The summed E-state index contributed by atoms with van der Waals surface area (Å²) in [7, 11) is 0. The molecule has 0 spiro atoms. The van der Waals surface area contributed by atoms with Gasteiger partial charge in [-0.05, 0) is 64.7 Å². The van der Waals surface area contributed by atoms with Gasteiger partial charge in [0.2, 0.25) is 0 Å². The molecule has 0 radical (unpaired) electrons. The van der Waals surface area contributed by atoms with Crippen LogP contribution < -0.4 is 10.1 Å². The lowest BCUT2D eigenvalue weighted by Crippen LogP contribution is -2.09. The molecule has 10 rings (SSSR count). The van der Waals surface area contributed by atoms with Crippen molar-refractivity contribution in [1.82, 2.24) is 9.55 Å². The molecule has 2 aromatic heterocycles. The Bertz CT molecular complexity index is 2720. The smallest absolute Gasteiger partial charge is 0.196 e. The lowest BCUT2D eigenvalue weighted by atomic mass is 9.97. The van der Waals surface area contributed by atoms with Gasteiger partial charge in [0.1, 0.15) is 0 Å². The van der Waals surface area contributed by atoms with Crippen molar-refractivity contribution in [2.75, 3.05) is 5.32 Å². The van der Waals surface area contributed by atoms with Gasteiger partial charge < -0.3 is 14.6 Å². The molecule has 1 N–H and O–H groups in total. The average Bonchev–Trinajstić information content (AvgIpc) is 3.82. The normalized spacial score (nSPS) is 13.5. The number of anilines is 1. The molecule has 1 unspecified atom stereocenters. The monoisotopic (exact) mass is 667 g/mol. The van der Waals surface area contributed by atoms with Crippen LogP contribution in [0.3, 0.4) is 0 Å². The van der Waals surface area contributed by atoms with Gasteiger partial charge in [-0.3, -0.25) is 0 Å². The highest BCUT2D eigenvalue weighted by molar-refractivity contribution is 6.14. The summed E-state index contributed by atoms with van der Waals surface area (Å²) in [4.78, 5) is 5.26. The minimum Gasteiger partial charge on any atom is -0.464 e. The molecule has 4 heteroatoms. The minimum absolute atomic E-state index is 0.237. The summed E-state index contributed by atoms with van der Waals surface area (Å²) in [5.41, 5.74) is 14.1. The number of benzene rings is 7.